The molecule has 0 bridgehead atoms. The van der Waals surface area contributed by atoms with E-state index in [4.69, 9.17) is 5.11 Å². The Labute approximate surface area is 87.3 Å². The molecule has 1 atom stereocenters. The predicted octanol–water partition coefficient (Wildman–Crippen LogP) is -0.269. The van der Waals surface area contributed by atoms with Crippen molar-refractivity contribution < 1.29 is 9.90 Å². The average molecular weight is 210 g/mol. The first-order valence-electron chi connectivity index (χ1n) is 5.07. The van der Waals surface area contributed by atoms with E-state index in [9.17, 15) is 4.79 Å². The highest BCUT2D eigenvalue weighted by molar-refractivity contribution is 5.74. The van der Waals surface area contributed by atoms with Crippen molar-refractivity contribution in [3.05, 3.63) is 12.4 Å². The van der Waals surface area contributed by atoms with Gasteiger partial charge in [-0.1, -0.05) is 5.21 Å². The standard InChI is InChI=1S/C9H14N4O2/c14-9(15)8(7-1-2-7)10-3-5-13-6-4-11-12-13/h4,6-8,10H,1-3,5H2,(H,14,15). The molecule has 6 nitrogen and oxygen atoms in total. The molecule has 1 unspecified atom stereocenters. The summed E-state index contributed by atoms with van der Waals surface area (Å²) in [6, 6.07) is -0.395. The van der Waals surface area contributed by atoms with Gasteiger partial charge >= 0.3 is 5.97 Å². The van der Waals surface area contributed by atoms with Crippen LogP contribution in [0.1, 0.15) is 12.8 Å². The average Bonchev–Trinajstić information content (AvgIpc) is 2.89. The maximum Gasteiger partial charge on any atom is 0.320 e. The lowest BCUT2D eigenvalue weighted by molar-refractivity contribution is -0.140. The van der Waals surface area contributed by atoms with Crippen LogP contribution in [0.2, 0.25) is 0 Å². The number of nitrogens with zero attached hydrogens (tertiary/aromatic N) is 3. The Morgan fingerprint density at radius 1 is 1.67 bits per heavy atom. The normalized spacial score (nSPS) is 17.6. The van der Waals surface area contributed by atoms with Crippen molar-refractivity contribution in [1.82, 2.24) is 20.3 Å². The smallest absolute Gasteiger partial charge is 0.320 e. The molecule has 1 aromatic heterocycles. The first-order valence-corrected chi connectivity index (χ1v) is 5.07. The molecule has 15 heavy (non-hydrogen) atoms. The summed E-state index contributed by atoms with van der Waals surface area (Å²) in [7, 11) is 0. The molecule has 1 aromatic rings. The molecule has 0 aliphatic heterocycles. The highest BCUT2D eigenvalue weighted by atomic mass is 16.4. The lowest BCUT2D eigenvalue weighted by Crippen LogP contribution is -2.40. The second-order valence-corrected chi connectivity index (χ2v) is 3.77. The number of hydrogen-bond donors (Lipinski definition) is 2. The third kappa shape index (κ3) is 2.76. The molecule has 1 aliphatic rings. The Balaban J connectivity index is 1.74. The Hall–Kier alpha value is -1.43. The molecule has 0 saturated heterocycles. The summed E-state index contributed by atoms with van der Waals surface area (Å²) >= 11 is 0. The molecule has 0 spiro atoms. The van der Waals surface area contributed by atoms with Crippen LogP contribution in [0.25, 0.3) is 0 Å². The lowest BCUT2D eigenvalue weighted by atomic mass is 10.2. The number of nitrogens with one attached hydrogen (secondary N) is 1. The molecule has 0 amide bonds. The molecule has 0 radical (unpaired) electrons. The van der Waals surface area contributed by atoms with Crippen LogP contribution in [0.5, 0.6) is 0 Å². The summed E-state index contributed by atoms with van der Waals surface area (Å²) < 4.78 is 1.68. The van der Waals surface area contributed by atoms with E-state index < -0.39 is 12.0 Å². The molecule has 1 heterocycles. The summed E-state index contributed by atoms with van der Waals surface area (Å²) in [5, 5.41) is 19.4. The fourth-order valence-corrected chi connectivity index (χ4v) is 1.57. The summed E-state index contributed by atoms with van der Waals surface area (Å²) in [5.41, 5.74) is 0. The lowest BCUT2D eigenvalue weighted by Gasteiger charge is -2.12. The molecule has 2 rings (SSSR count). The van der Waals surface area contributed by atoms with E-state index in [1.807, 2.05) is 0 Å². The fourth-order valence-electron chi connectivity index (χ4n) is 1.57. The minimum absolute atomic E-state index is 0.318. The number of aliphatic carboxylic acids is 1. The first kappa shape index (κ1) is 10.1. The van der Waals surface area contributed by atoms with Gasteiger partial charge in [0.05, 0.1) is 12.7 Å². The molecule has 2 N–H and O–H groups in total. The van der Waals surface area contributed by atoms with Gasteiger partial charge in [-0.2, -0.15) is 0 Å². The van der Waals surface area contributed by atoms with Crippen molar-refractivity contribution in [2.45, 2.75) is 25.4 Å². The topological polar surface area (TPSA) is 80.0 Å². The Kier molecular flexibility index (Phi) is 2.96. The monoisotopic (exact) mass is 210 g/mol. The number of carboxylic acids is 1. The highest BCUT2D eigenvalue weighted by Gasteiger charge is 2.35. The fraction of sp³-hybridized carbons (Fsp3) is 0.667. The zero-order valence-electron chi connectivity index (χ0n) is 8.33. The van der Waals surface area contributed by atoms with Crippen LogP contribution in [0.15, 0.2) is 12.4 Å². The summed E-state index contributed by atoms with van der Waals surface area (Å²) in [5.74, 6) is -0.436. The van der Waals surface area contributed by atoms with Gasteiger partial charge in [-0.05, 0) is 18.8 Å². The molecule has 0 aromatic carbocycles. The molecular formula is C9H14N4O2. The van der Waals surface area contributed by atoms with Crippen molar-refractivity contribution in [1.29, 1.82) is 0 Å². The zero-order chi connectivity index (χ0) is 10.7. The Morgan fingerprint density at radius 3 is 3.00 bits per heavy atom. The maximum atomic E-state index is 10.9. The largest absolute Gasteiger partial charge is 0.480 e. The van der Waals surface area contributed by atoms with Crippen LogP contribution < -0.4 is 5.32 Å². The predicted molar refractivity (Wildman–Crippen MR) is 52.2 cm³/mol. The van der Waals surface area contributed by atoms with Gasteiger partial charge in [0.15, 0.2) is 0 Å². The summed E-state index contributed by atoms with van der Waals surface area (Å²) in [6.45, 7) is 1.26. The van der Waals surface area contributed by atoms with Gasteiger partial charge in [-0.3, -0.25) is 9.48 Å². The summed E-state index contributed by atoms with van der Waals surface area (Å²) in [4.78, 5) is 10.9. The maximum absolute atomic E-state index is 10.9. The quantitative estimate of drug-likeness (QED) is 0.675. The van der Waals surface area contributed by atoms with Gasteiger partial charge in [-0.25, -0.2) is 0 Å². The molecule has 1 aliphatic carbocycles. The molecular weight excluding hydrogens is 196 g/mol. The van der Waals surface area contributed by atoms with E-state index in [2.05, 4.69) is 15.6 Å². The van der Waals surface area contributed by atoms with Crippen molar-refractivity contribution in [2.24, 2.45) is 5.92 Å². The summed E-state index contributed by atoms with van der Waals surface area (Å²) in [6.07, 6.45) is 5.41. The van der Waals surface area contributed by atoms with E-state index in [0.717, 1.165) is 12.8 Å². The zero-order valence-corrected chi connectivity index (χ0v) is 8.33. The van der Waals surface area contributed by atoms with E-state index >= 15 is 0 Å². The van der Waals surface area contributed by atoms with Crippen LogP contribution in [-0.2, 0) is 11.3 Å². The van der Waals surface area contributed by atoms with Crippen molar-refractivity contribution in [3.8, 4) is 0 Å². The highest BCUT2D eigenvalue weighted by Crippen LogP contribution is 2.32. The number of carbonyl (C=O) groups is 1. The number of rotatable bonds is 6. The minimum Gasteiger partial charge on any atom is -0.480 e. The van der Waals surface area contributed by atoms with Crippen LogP contribution in [0.4, 0.5) is 0 Å². The second-order valence-electron chi connectivity index (χ2n) is 3.77. The van der Waals surface area contributed by atoms with Crippen molar-refractivity contribution >= 4 is 5.97 Å². The Morgan fingerprint density at radius 2 is 2.47 bits per heavy atom. The third-order valence-electron chi connectivity index (χ3n) is 2.54. The van der Waals surface area contributed by atoms with E-state index in [0.29, 0.717) is 19.0 Å². The van der Waals surface area contributed by atoms with E-state index in [1.165, 1.54) is 0 Å². The van der Waals surface area contributed by atoms with Crippen LogP contribution >= 0.6 is 0 Å². The van der Waals surface area contributed by atoms with Gasteiger partial charge in [0.25, 0.3) is 0 Å². The molecule has 1 fully saturated rings. The van der Waals surface area contributed by atoms with Gasteiger partial charge in [0.2, 0.25) is 0 Å². The minimum atomic E-state index is -0.754. The first-order chi connectivity index (χ1) is 7.27. The molecule has 82 valence electrons. The number of aromatic nitrogens is 3. The van der Waals surface area contributed by atoms with Gasteiger partial charge in [-0.15, -0.1) is 5.10 Å². The van der Waals surface area contributed by atoms with E-state index in [1.54, 1.807) is 17.1 Å². The van der Waals surface area contributed by atoms with Crippen LogP contribution in [-0.4, -0.2) is 38.7 Å². The number of carboxylic acid groups (broad SMARTS) is 1. The van der Waals surface area contributed by atoms with Gasteiger partial charge < -0.3 is 10.4 Å². The SMILES string of the molecule is O=C(O)C(NCCn1ccnn1)C1CC1. The van der Waals surface area contributed by atoms with Crippen LogP contribution in [0, 0.1) is 5.92 Å². The van der Waals surface area contributed by atoms with Gasteiger partial charge in [0.1, 0.15) is 6.04 Å². The number of hydrogen-bond acceptors (Lipinski definition) is 4. The third-order valence-corrected chi connectivity index (χ3v) is 2.54. The van der Waals surface area contributed by atoms with Crippen LogP contribution in [0.3, 0.4) is 0 Å². The Bertz CT molecular complexity index is 321. The molecule has 6 heteroatoms. The van der Waals surface area contributed by atoms with Gasteiger partial charge in [0, 0.05) is 12.7 Å². The van der Waals surface area contributed by atoms with Crippen molar-refractivity contribution in [3.63, 3.8) is 0 Å². The van der Waals surface area contributed by atoms with Crippen molar-refractivity contribution in [2.75, 3.05) is 6.54 Å². The second kappa shape index (κ2) is 4.39. The van der Waals surface area contributed by atoms with E-state index in [-0.39, 0.29) is 0 Å². The molecule has 1 saturated carbocycles.